The fraction of sp³-hybridized carbons (Fsp3) is 0.500. The van der Waals surface area contributed by atoms with Gasteiger partial charge >= 0.3 is 6.18 Å². The van der Waals surface area contributed by atoms with Crippen LogP contribution in [0.5, 0.6) is 0 Å². The van der Waals surface area contributed by atoms with E-state index in [2.05, 4.69) is 11.8 Å². The maximum absolute atomic E-state index is 12.6. The Bertz CT molecular complexity index is 563. The first kappa shape index (κ1) is 15.9. The molecule has 0 bridgehead atoms. The summed E-state index contributed by atoms with van der Waals surface area (Å²) in [6.07, 6.45) is -4.25. The number of piperidine rings is 1. The predicted octanol–water partition coefficient (Wildman–Crippen LogP) is 2.47. The number of thiophene rings is 1. The zero-order valence-corrected chi connectivity index (χ0v) is 12.1. The predicted molar refractivity (Wildman–Crippen MR) is 74.9 cm³/mol. The topological polar surface area (TPSA) is 46.3 Å². The van der Waals surface area contributed by atoms with Gasteiger partial charge < -0.3 is 10.6 Å². The van der Waals surface area contributed by atoms with Gasteiger partial charge in [0.15, 0.2) is 0 Å². The number of carbonyl (C=O) groups excluding carboxylic acids is 1. The summed E-state index contributed by atoms with van der Waals surface area (Å²) in [6.45, 7) is 0.454. The van der Waals surface area contributed by atoms with Gasteiger partial charge in [-0.15, -0.1) is 11.3 Å². The Kier molecular flexibility index (Phi) is 4.91. The van der Waals surface area contributed by atoms with Crippen LogP contribution in [0.3, 0.4) is 0 Å². The fourth-order valence-corrected chi connectivity index (χ4v) is 3.09. The second-order valence-corrected chi connectivity index (χ2v) is 5.69. The molecule has 0 unspecified atom stereocenters. The van der Waals surface area contributed by atoms with E-state index in [1.807, 2.05) is 0 Å². The summed E-state index contributed by atoms with van der Waals surface area (Å²) in [6, 6.07) is 1.73. The second-order valence-electron chi connectivity index (χ2n) is 4.78. The molecule has 0 aromatic carbocycles. The van der Waals surface area contributed by atoms with Crippen LogP contribution in [0, 0.1) is 17.8 Å². The first-order valence-corrected chi connectivity index (χ1v) is 7.44. The van der Waals surface area contributed by atoms with E-state index in [1.54, 1.807) is 11.4 Å². The van der Waals surface area contributed by atoms with Gasteiger partial charge in [-0.25, -0.2) is 0 Å². The van der Waals surface area contributed by atoms with Crippen molar-refractivity contribution in [3.05, 3.63) is 21.9 Å². The second kappa shape index (κ2) is 6.50. The summed E-state index contributed by atoms with van der Waals surface area (Å²) in [5, 5.41) is 1.75. The van der Waals surface area contributed by atoms with Crippen molar-refractivity contribution in [3.63, 3.8) is 0 Å². The summed E-state index contributed by atoms with van der Waals surface area (Å²) in [7, 11) is 0. The van der Waals surface area contributed by atoms with Gasteiger partial charge in [0.1, 0.15) is 4.88 Å². The molecule has 1 saturated heterocycles. The van der Waals surface area contributed by atoms with Crippen molar-refractivity contribution in [2.45, 2.75) is 19.0 Å². The Labute approximate surface area is 124 Å². The van der Waals surface area contributed by atoms with Crippen LogP contribution in [-0.2, 0) is 0 Å². The summed E-state index contributed by atoms with van der Waals surface area (Å²) in [5.74, 6) is 3.95. The van der Waals surface area contributed by atoms with Crippen LogP contribution >= 0.6 is 11.3 Å². The highest BCUT2D eigenvalue weighted by atomic mass is 32.1. The van der Waals surface area contributed by atoms with Gasteiger partial charge in [0, 0.05) is 18.7 Å². The number of rotatable bonds is 1. The SMILES string of the molecule is NCC#Cc1ccsc1C(=O)N1CCC(C(F)(F)F)CC1. The maximum atomic E-state index is 12.6. The molecule has 2 heterocycles. The number of nitrogens with zero attached hydrogens (tertiary/aromatic N) is 1. The van der Waals surface area contributed by atoms with E-state index in [0.29, 0.717) is 10.4 Å². The van der Waals surface area contributed by atoms with Crippen LogP contribution in [-0.4, -0.2) is 36.6 Å². The smallest absolute Gasteiger partial charge is 0.338 e. The molecule has 1 aromatic heterocycles. The zero-order chi connectivity index (χ0) is 15.5. The lowest BCUT2D eigenvalue weighted by Gasteiger charge is -2.32. The van der Waals surface area contributed by atoms with Crippen LogP contribution in [0.25, 0.3) is 0 Å². The average Bonchev–Trinajstić information content (AvgIpc) is 2.92. The molecule has 0 radical (unpaired) electrons. The number of likely N-dealkylation sites (tertiary alicyclic amines) is 1. The Morgan fingerprint density at radius 3 is 2.67 bits per heavy atom. The van der Waals surface area contributed by atoms with E-state index in [1.165, 1.54) is 16.2 Å². The Morgan fingerprint density at radius 2 is 2.10 bits per heavy atom. The van der Waals surface area contributed by atoms with Crippen LogP contribution in [0.15, 0.2) is 11.4 Å². The quantitative estimate of drug-likeness (QED) is 0.809. The van der Waals surface area contributed by atoms with Gasteiger partial charge in [0.05, 0.1) is 12.5 Å². The van der Waals surface area contributed by atoms with Crippen LogP contribution in [0.1, 0.15) is 28.1 Å². The van der Waals surface area contributed by atoms with E-state index >= 15 is 0 Å². The minimum absolute atomic E-state index is 0.0373. The molecule has 0 saturated carbocycles. The van der Waals surface area contributed by atoms with Gasteiger partial charge in [-0.05, 0) is 24.3 Å². The highest BCUT2D eigenvalue weighted by Gasteiger charge is 2.41. The third-order valence-corrected chi connectivity index (χ3v) is 4.33. The molecule has 7 heteroatoms. The van der Waals surface area contributed by atoms with Crippen molar-refractivity contribution in [3.8, 4) is 11.8 Å². The molecular formula is C14H15F3N2OS. The van der Waals surface area contributed by atoms with E-state index in [0.717, 1.165) is 0 Å². The molecule has 1 aliphatic heterocycles. The normalized spacial score (nSPS) is 16.5. The minimum atomic E-state index is -4.17. The lowest BCUT2D eigenvalue weighted by molar-refractivity contribution is -0.183. The Balaban J connectivity index is 2.04. The first-order valence-electron chi connectivity index (χ1n) is 6.56. The van der Waals surface area contributed by atoms with Gasteiger partial charge in [-0.1, -0.05) is 11.8 Å². The molecule has 1 aromatic rings. The molecule has 1 fully saturated rings. The summed E-state index contributed by atoms with van der Waals surface area (Å²) < 4.78 is 37.8. The van der Waals surface area contributed by atoms with Gasteiger partial charge in [-0.3, -0.25) is 4.79 Å². The van der Waals surface area contributed by atoms with Crippen molar-refractivity contribution in [1.82, 2.24) is 4.90 Å². The van der Waals surface area contributed by atoms with Gasteiger partial charge in [0.25, 0.3) is 5.91 Å². The summed E-state index contributed by atoms with van der Waals surface area (Å²) in [5.41, 5.74) is 5.89. The number of hydrogen-bond acceptors (Lipinski definition) is 3. The molecule has 1 amide bonds. The highest BCUT2D eigenvalue weighted by Crippen LogP contribution is 2.34. The van der Waals surface area contributed by atoms with E-state index in [9.17, 15) is 18.0 Å². The number of amides is 1. The number of carbonyl (C=O) groups is 1. The Hall–Kier alpha value is -1.52. The standard InChI is InChI=1S/C14H15F3N2OS/c15-14(16,17)11-3-7-19(8-4-11)13(20)12-10(2-1-6-18)5-9-21-12/h5,9,11H,3-4,6-8,18H2. The molecule has 21 heavy (non-hydrogen) atoms. The zero-order valence-electron chi connectivity index (χ0n) is 11.2. The number of nitrogens with two attached hydrogens (primary N) is 1. The van der Waals surface area contributed by atoms with Gasteiger partial charge in [0.2, 0.25) is 0 Å². The van der Waals surface area contributed by atoms with Gasteiger partial charge in [-0.2, -0.15) is 13.2 Å². The number of halogens is 3. The van der Waals surface area contributed by atoms with Crippen molar-refractivity contribution in [2.75, 3.05) is 19.6 Å². The molecule has 1 aliphatic rings. The van der Waals surface area contributed by atoms with Crippen LogP contribution < -0.4 is 5.73 Å². The molecule has 114 valence electrons. The number of hydrogen-bond donors (Lipinski definition) is 1. The monoisotopic (exact) mass is 316 g/mol. The molecule has 0 spiro atoms. The molecular weight excluding hydrogens is 301 g/mol. The Morgan fingerprint density at radius 1 is 1.43 bits per heavy atom. The number of alkyl halides is 3. The van der Waals surface area contributed by atoms with Crippen LogP contribution in [0.2, 0.25) is 0 Å². The van der Waals surface area contributed by atoms with E-state index < -0.39 is 12.1 Å². The van der Waals surface area contributed by atoms with Crippen molar-refractivity contribution >= 4 is 17.2 Å². The molecule has 2 N–H and O–H groups in total. The van der Waals surface area contributed by atoms with Crippen molar-refractivity contribution < 1.29 is 18.0 Å². The molecule has 0 atom stereocenters. The largest absolute Gasteiger partial charge is 0.391 e. The highest BCUT2D eigenvalue weighted by molar-refractivity contribution is 7.12. The third-order valence-electron chi connectivity index (χ3n) is 3.43. The minimum Gasteiger partial charge on any atom is -0.338 e. The van der Waals surface area contributed by atoms with E-state index in [-0.39, 0.29) is 38.4 Å². The lowest BCUT2D eigenvalue weighted by atomic mass is 9.96. The summed E-state index contributed by atoms with van der Waals surface area (Å²) >= 11 is 1.25. The molecule has 2 rings (SSSR count). The lowest BCUT2D eigenvalue weighted by Crippen LogP contribution is -2.42. The molecule has 0 aliphatic carbocycles. The fourth-order valence-electron chi connectivity index (χ4n) is 2.27. The van der Waals surface area contributed by atoms with Crippen molar-refractivity contribution in [2.24, 2.45) is 11.7 Å². The summed E-state index contributed by atoms with van der Waals surface area (Å²) in [4.78, 5) is 14.3. The average molecular weight is 316 g/mol. The maximum Gasteiger partial charge on any atom is 0.391 e. The van der Waals surface area contributed by atoms with Crippen LogP contribution in [0.4, 0.5) is 13.2 Å². The first-order chi connectivity index (χ1) is 9.93. The van der Waals surface area contributed by atoms with Crippen molar-refractivity contribution in [1.29, 1.82) is 0 Å². The molecule has 3 nitrogen and oxygen atoms in total. The van der Waals surface area contributed by atoms with E-state index in [4.69, 9.17) is 5.73 Å². The third kappa shape index (κ3) is 3.77.